The maximum atomic E-state index is 12.1. The van der Waals surface area contributed by atoms with E-state index in [2.05, 4.69) is 10.3 Å². The summed E-state index contributed by atoms with van der Waals surface area (Å²) in [4.78, 5) is 27.9. The first-order chi connectivity index (χ1) is 7.70. The number of nitrogens with zero attached hydrogens (tertiary/aromatic N) is 1. The zero-order valence-corrected chi connectivity index (χ0v) is 9.19. The Bertz CT molecular complexity index is 441. The van der Waals surface area contributed by atoms with E-state index in [9.17, 15) is 9.59 Å². The highest BCUT2D eigenvalue weighted by Crippen LogP contribution is 2.06. The fourth-order valence-electron chi connectivity index (χ4n) is 1.89. The molecule has 86 valence electrons. The van der Waals surface area contributed by atoms with Crippen LogP contribution in [0.4, 0.5) is 0 Å². The van der Waals surface area contributed by atoms with Crippen molar-refractivity contribution in [1.82, 2.24) is 15.2 Å². The molecule has 2 rings (SSSR count). The van der Waals surface area contributed by atoms with Crippen LogP contribution in [-0.2, 0) is 0 Å². The largest absolute Gasteiger partial charge is 0.333 e. The van der Waals surface area contributed by atoms with Crippen LogP contribution >= 0.6 is 0 Å². The number of aromatic amines is 1. The molecular formula is C11H15N3O2. The Morgan fingerprint density at radius 3 is 3.06 bits per heavy atom. The zero-order valence-electron chi connectivity index (χ0n) is 9.19. The lowest BCUT2D eigenvalue weighted by Gasteiger charge is -2.33. The lowest BCUT2D eigenvalue weighted by atomic mass is 10.1. The lowest BCUT2D eigenvalue weighted by molar-refractivity contribution is 0.0654. The summed E-state index contributed by atoms with van der Waals surface area (Å²) in [6.45, 7) is 4.17. The SMILES string of the molecule is C[C@H]1CNCCN1C(=O)c1ccc[nH]c1=O. The summed E-state index contributed by atoms with van der Waals surface area (Å²) >= 11 is 0. The van der Waals surface area contributed by atoms with Crippen molar-refractivity contribution in [1.29, 1.82) is 0 Å². The maximum absolute atomic E-state index is 12.1. The minimum atomic E-state index is -0.321. The highest BCUT2D eigenvalue weighted by molar-refractivity contribution is 5.94. The van der Waals surface area contributed by atoms with E-state index in [0.717, 1.165) is 13.1 Å². The molecule has 0 aliphatic carbocycles. The minimum Gasteiger partial charge on any atom is -0.333 e. The normalized spacial score (nSPS) is 20.8. The quantitative estimate of drug-likeness (QED) is 0.690. The Morgan fingerprint density at radius 2 is 2.38 bits per heavy atom. The molecular weight excluding hydrogens is 206 g/mol. The molecule has 0 bridgehead atoms. The van der Waals surface area contributed by atoms with Crippen LogP contribution in [0.25, 0.3) is 0 Å². The molecule has 1 atom stereocenters. The van der Waals surface area contributed by atoms with Crippen molar-refractivity contribution < 1.29 is 4.79 Å². The average Bonchev–Trinajstić information content (AvgIpc) is 2.29. The van der Waals surface area contributed by atoms with Gasteiger partial charge in [-0.25, -0.2) is 0 Å². The van der Waals surface area contributed by atoms with Crippen LogP contribution in [0.3, 0.4) is 0 Å². The molecule has 1 saturated heterocycles. The Kier molecular flexibility index (Phi) is 3.05. The van der Waals surface area contributed by atoms with Gasteiger partial charge in [-0.3, -0.25) is 9.59 Å². The number of carbonyl (C=O) groups excluding carboxylic acids is 1. The smallest absolute Gasteiger partial charge is 0.260 e. The van der Waals surface area contributed by atoms with Gasteiger partial charge < -0.3 is 15.2 Å². The first kappa shape index (κ1) is 10.9. The molecule has 5 heteroatoms. The van der Waals surface area contributed by atoms with E-state index in [1.165, 1.54) is 6.20 Å². The maximum Gasteiger partial charge on any atom is 0.260 e. The van der Waals surface area contributed by atoms with Gasteiger partial charge in [0.05, 0.1) is 0 Å². The fourth-order valence-corrected chi connectivity index (χ4v) is 1.89. The van der Waals surface area contributed by atoms with Crippen LogP contribution in [0.15, 0.2) is 23.1 Å². The molecule has 1 aliphatic rings. The number of amides is 1. The van der Waals surface area contributed by atoms with Crippen molar-refractivity contribution in [3.63, 3.8) is 0 Å². The van der Waals surface area contributed by atoms with Gasteiger partial charge in [0, 0.05) is 31.9 Å². The van der Waals surface area contributed by atoms with Crippen LogP contribution in [0, 0.1) is 0 Å². The Hall–Kier alpha value is -1.62. The van der Waals surface area contributed by atoms with Gasteiger partial charge in [0.1, 0.15) is 5.56 Å². The van der Waals surface area contributed by atoms with Crippen LogP contribution in [0.2, 0.25) is 0 Å². The van der Waals surface area contributed by atoms with E-state index < -0.39 is 0 Å². The number of rotatable bonds is 1. The molecule has 1 amide bonds. The van der Waals surface area contributed by atoms with Crippen molar-refractivity contribution >= 4 is 5.91 Å². The number of piperazine rings is 1. The molecule has 5 nitrogen and oxygen atoms in total. The highest BCUT2D eigenvalue weighted by Gasteiger charge is 2.25. The zero-order chi connectivity index (χ0) is 11.5. The van der Waals surface area contributed by atoms with Crippen LogP contribution < -0.4 is 10.9 Å². The third kappa shape index (κ3) is 1.99. The van der Waals surface area contributed by atoms with E-state index in [4.69, 9.17) is 0 Å². The number of hydrogen-bond acceptors (Lipinski definition) is 3. The molecule has 16 heavy (non-hydrogen) atoms. The average molecular weight is 221 g/mol. The van der Waals surface area contributed by atoms with Gasteiger partial charge >= 0.3 is 0 Å². The number of nitrogens with one attached hydrogen (secondary N) is 2. The standard InChI is InChI=1S/C11H15N3O2/c1-8-7-12-5-6-14(8)11(16)9-3-2-4-13-10(9)15/h2-4,8,12H,5-7H2,1H3,(H,13,15)/t8-/m0/s1. The summed E-state index contributed by atoms with van der Waals surface area (Å²) in [5.41, 5.74) is -0.102. The summed E-state index contributed by atoms with van der Waals surface area (Å²) in [5.74, 6) is -0.184. The molecule has 2 N–H and O–H groups in total. The van der Waals surface area contributed by atoms with Crippen molar-refractivity contribution in [2.24, 2.45) is 0 Å². The highest BCUT2D eigenvalue weighted by atomic mass is 16.2. The first-order valence-corrected chi connectivity index (χ1v) is 5.39. The van der Waals surface area contributed by atoms with E-state index in [1.807, 2.05) is 6.92 Å². The third-order valence-electron chi connectivity index (χ3n) is 2.81. The molecule has 2 heterocycles. The van der Waals surface area contributed by atoms with E-state index in [1.54, 1.807) is 17.0 Å². The molecule has 1 aliphatic heterocycles. The number of hydrogen-bond donors (Lipinski definition) is 2. The molecule has 0 aromatic carbocycles. The molecule has 1 aromatic heterocycles. The van der Waals surface area contributed by atoms with Gasteiger partial charge in [-0.15, -0.1) is 0 Å². The van der Waals surface area contributed by atoms with Gasteiger partial charge in [-0.05, 0) is 19.1 Å². The van der Waals surface area contributed by atoms with Crippen LogP contribution in [0.5, 0.6) is 0 Å². The minimum absolute atomic E-state index is 0.126. The molecule has 0 unspecified atom stereocenters. The predicted molar refractivity (Wildman–Crippen MR) is 60.4 cm³/mol. The molecule has 1 aromatic rings. The number of aromatic nitrogens is 1. The van der Waals surface area contributed by atoms with E-state index >= 15 is 0 Å². The fraction of sp³-hybridized carbons (Fsp3) is 0.455. The topological polar surface area (TPSA) is 65.2 Å². The summed E-state index contributed by atoms with van der Waals surface area (Å²) in [7, 11) is 0. The Morgan fingerprint density at radius 1 is 1.56 bits per heavy atom. The number of pyridine rings is 1. The first-order valence-electron chi connectivity index (χ1n) is 5.39. The summed E-state index contributed by atoms with van der Waals surface area (Å²) < 4.78 is 0. The van der Waals surface area contributed by atoms with Crippen LogP contribution in [-0.4, -0.2) is 41.5 Å². The van der Waals surface area contributed by atoms with Gasteiger partial charge in [-0.2, -0.15) is 0 Å². The molecule has 0 radical (unpaired) electrons. The molecule has 0 spiro atoms. The lowest BCUT2D eigenvalue weighted by Crippen LogP contribution is -2.53. The Labute approximate surface area is 93.5 Å². The van der Waals surface area contributed by atoms with Gasteiger partial charge in [0.25, 0.3) is 11.5 Å². The summed E-state index contributed by atoms with van der Waals surface area (Å²) in [5, 5.41) is 3.21. The predicted octanol–water partition coefficient (Wildman–Crippen LogP) is -0.191. The third-order valence-corrected chi connectivity index (χ3v) is 2.81. The number of H-pyrrole nitrogens is 1. The van der Waals surface area contributed by atoms with E-state index in [0.29, 0.717) is 6.54 Å². The van der Waals surface area contributed by atoms with Gasteiger partial charge in [-0.1, -0.05) is 0 Å². The number of carbonyl (C=O) groups is 1. The van der Waals surface area contributed by atoms with Crippen molar-refractivity contribution in [3.8, 4) is 0 Å². The van der Waals surface area contributed by atoms with E-state index in [-0.39, 0.29) is 23.1 Å². The molecule has 1 fully saturated rings. The van der Waals surface area contributed by atoms with Crippen molar-refractivity contribution in [3.05, 3.63) is 34.2 Å². The van der Waals surface area contributed by atoms with Gasteiger partial charge in [0.2, 0.25) is 0 Å². The molecule has 0 saturated carbocycles. The van der Waals surface area contributed by atoms with Crippen molar-refractivity contribution in [2.75, 3.05) is 19.6 Å². The summed E-state index contributed by atoms with van der Waals surface area (Å²) in [6.07, 6.45) is 1.53. The monoisotopic (exact) mass is 221 g/mol. The van der Waals surface area contributed by atoms with Crippen LogP contribution in [0.1, 0.15) is 17.3 Å². The van der Waals surface area contributed by atoms with Crippen molar-refractivity contribution in [2.45, 2.75) is 13.0 Å². The summed E-state index contributed by atoms with van der Waals surface area (Å²) in [6, 6.07) is 3.36. The second-order valence-electron chi connectivity index (χ2n) is 3.96. The second kappa shape index (κ2) is 4.49. The van der Waals surface area contributed by atoms with Gasteiger partial charge in [0.15, 0.2) is 0 Å². The second-order valence-corrected chi connectivity index (χ2v) is 3.96. The Balaban J connectivity index is 2.25.